The standard InChI is InChI=1S/C15H24N2O/c1-11-7-8-12(18-11)10-17-15-5-2-4-13(15)14-6-3-9-16-14/h7-8,13-17H,2-6,9-10H2,1H3. The molecule has 3 atom stereocenters. The second-order valence-electron chi connectivity index (χ2n) is 5.80. The molecule has 0 aromatic carbocycles. The van der Waals surface area contributed by atoms with Crippen LogP contribution in [0.3, 0.4) is 0 Å². The molecular formula is C15H24N2O. The van der Waals surface area contributed by atoms with E-state index in [4.69, 9.17) is 4.42 Å². The second kappa shape index (κ2) is 5.45. The molecule has 1 saturated heterocycles. The molecule has 0 spiro atoms. The van der Waals surface area contributed by atoms with E-state index < -0.39 is 0 Å². The van der Waals surface area contributed by atoms with Crippen LogP contribution in [0.25, 0.3) is 0 Å². The van der Waals surface area contributed by atoms with Gasteiger partial charge in [0.1, 0.15) is 11.5 Å². The quantitative estimate of drug-likeness (QED) is 0.860. The summed E-state index contributed by atoms with van der Waals surface area (Å²) in [6.07, 6.45) is 6.79. The molecule has 3 unspecified atom stereocenters. The van der Waals surface area contributed by atoms with Crippen molar-refractivity contribution in [2.75, 3.05) is 6.54 Å². The van der Waals surface area contributed by atoms with Gasteiger partial charge in [0.05, 0.1) is 6.54 Å². The smallest absolute Gasteiger partial charge is 0.117 e. The first-order chi connectivity index (χ1) is 8.83. The maximum Gasteiger partial charge on any atom is 0.117 e. The molecule has 1 aromatic rings. The van der Waals surface area contributed by atoms with Crippen molar-refractivity contribution in [3.05, 3.63) is 23.7 Å². The first-order valence-electron chi connectivity index (χ1n) is 7.35. The summed E-state index contributed by atoms with van der Waals surface area (Å²) in [5.41, 5.74) is 0. The van der Waals surface area contributed by atoms with Crippen molar-refractivity contribution >= 4 is 0 Å². The lowest BCUT2D eigenvalue weighted by molar-refractivity contribution is 0.311. The summed E-state index contributed by atoms with van der Waals surface area (Å²) in [7, 11) is 0. The monoisotopic (exact) mass is 248 g/mol. The van der Waals surface area contributed by atoms with E-state index in [0.29, 0.717) is 6.04 Å². The van der Waals surface area contributed by atoms with Gasteiger partial charge in [0.2, 0.25) is 0 Å². The van der Waals surface area contributed by atoms with Gasteiger partial charge in [0, 0.05) is 12.1 Å². The van der Waals surface area contributed by atoms with Crippen molar-refractivity contribution in [1.82, 2.24) is 10.6 Å². The van der Waals surface area contributed by atoms with E-state index in [1.165, 1.54) is 38.6 Å². The summed E-state index contributed by atoms with van der Waals surface area (Å²) in [6.45, 7) is 4.09. The Balaban J connectivity index is 1.54. The maximum atomic E-state index is 5.63. The van der Waals surface area contributed by atoms with Gasteiger partial charge in [-0.1, -0.05) is 6.42 Å². The number of rotatable bonds is 4. The highest BCUT2D eigenvalue weighted by molar-refractivity contribution is 5.05. The first-order valence-corrected chi connectivity index (χ1v) is 7.35. The maximum absolute atomic E-state index is 5.63. The molecule has 0 amide bonds. The number of nitrogens with one attached hydrogen (secondary N) is 2. The van der Waals surface area contributed by atoms with E-state index in [-0.39, 0.29) is 0 Å². The van der Waals surface area contributed by atoms with E-state index in [1.807, 2.05) is 13.0 Å². The zero-order valence-corrected chi connectivity index (χ0v) is 11.2. The van der Waals surface area contributed by atoms with Gasteiger partial charge in [0.15, 0.2) is 0 Å². The third-order valence-corrected chi connectivity index (χ3v) is 4.52. The zero-order chi connectivity index (χ0) is 12.4. The van der Waals surface area contributed by atoms with Gasteiger partial charge in [-0.25, -0.2) is 0 Å². The molecule has 3 rings (SSSR count). The van der Waals surface area contributed by atoms with Crippen LogP contribution in [0.15, 0.2) is 16.5 Å². The van der Waals surface area contributed by atoms with Crippen LogP contribution in [0, 0.1) is 12.8 Å². The molecule has 2 heterocycles. The van der Waals surface area contributed by atoms with Crippen LogP contribution in [-0.2, 0) is 6.54 Å². The molecule has 3 nitrogen and oxygen atoms in total. The predicted octanol–water partition coefficient (Wildman–Crippen LogP) is 2.60. The minimum Gasteiger partial charge on any atom is -0.465 e. The fourth-order valence-corrected chi connectivity index (χ4v) is 3.61. The molecule has 1 aromatic heterocycles. The van der Waals surface area contributed by atoms with E-state index in [9.17, 15) is 0 Å². The highest BCUT2D eigenvalue weighted by atomic mass is 16.3. The lowest BCUT2D eigenvalue weighted by Crippen LogP contribution is -2.41. The van der Waals surface area contributed by atoms with Crippen molar-refractivity contribution in [3.63, 3.8) is 0 Å². The highest BCUT2D eigenvalue weighted by Gasteiger charge is 2.34. The summed E-state index contributed by atoms with van der Waals surface area (Å²) in [5.74, 6) is 2.90. The highest BCUT2D eigenvalue weighted by Crippen LogP contribution is 2.32. The minimum atomic E-state index is 0.672. The largest absolute Gasteiger partial charge is 0.465 e. The number of hydrogen-bond acceptors (Lipinski definition) is 3. The molecule has 0 bridgehead atoms. The molecule has 2 aliphatic rings. The van der Waals surface area contributed by atoms with Crippen LogP contribution >= 0.6 is 0 Å². The fourth-order valence-electron chi connectivity index (χ4n) is 3.61. The number of furan rings is 1. The van der Waals surface area contributed by atoms with Crippen molar-refractivity contribution < 1.29 is 4.42 Å². The Kier molecular flexibility index (Phi) is 3.71. The Morgan fingerprint density at radius 1 is 1.28 bits per heavy atom. The van der Waals surface area contributed by atoms with Gasteiger partial charge < -0.3 is 15.1 Å². The van der Waals surface area contributed by atoms with E-state index in [1.54, 1.807) is 0 Å². The molecular weight excluding hydrogens is 224 g/mol. The van der Waals surface area contributed by atoms with Crippen molar-refractivity contribution in [2.45, 2.75) is 57.7 Å². The zero-order valence-electron chi connectivity index (χ0n) is 11.2. The Morgan fingerprint density at radius 2 is 2.22 bits per heavy atom. The fraction of sp³-hybridized carbons (Fsp3) is 0.733. The molecule has 100 valence electrons. The Bertz CT molecular complexity index is 382. The minimum absolute atomic E-state index is 0.672. The second-order valence-corrected chi connectivity index (χ2v) is 5.80. The van der Waals surface area contributed by atoms with Crippen LogP contribution in [0.2, 0.25) is 0 Å². The van der Waals surface area contributed by atoms with Gasteiger partial charge in [-0.2, -0.15) is 0 Å². The van der Waals surface area contributed by atoms with Crippen LogP contribution < -0.4 is 10.6 Å². The molecule has 1 aliphatic carbocycles. The molecule has 18 heavy (non-hydrogen) atoms. The van der Waals surface area contributed by atoms with Crippen LogP contribution in [-0.4, -0.2) is 18.6 Å². The molecule has 2 N–H and O–H groups in total. The summed E-state index contributed by atoms with van der Waals surface area (Å²) >= 11 is 0. The normalized spacial score (nSPS) is 32.2. The summed E-state index contributed by atoms with van der Waals surface area (Å²) in [6, 6.07) is 5.55. The van der Waals surface area contributed by atoms with E-state index >= 15 is 0 Å². The van der Waals surface area contributed by atoms with Gasteiger partial charge in [-0.15, -0.1) is 0 Å². The van der Waals surface area contributed by atoms with E-state index in [0.717, 1.165) is 30.0 Å². The van der Waals surface area contributed by atoms with Gasteiger partial charge >= 0.3 is 0 Å². The molecule has 1 aliphatic heterocycles. The molecule has 0 radical (unpaired) electrons. The van der Waals surface area contributed by atoms with Crippen molar-refractivity contribution in [3.8, 4) is 0 Å². The topological polar surface area (TPSA) is 37.2 Å². The van der Waals surface area contributed by atoms with E-state index in [2.05, 4.69) is 16.7 Å². The van der Waals surface area contributed by atoms with Crippen LogP contribution in [0.1, 0.15) is 43.6 Å². The van der Waals surface area contributed by atoms with Gasteiger partial charge in [0.25, 0.3) is 0 Å². The first kappa shape index (κ1) is 12.2. The molecule has 2 fully saturated rings. The summed E-state index contributed by atoms with van der Waals surface area (Å²) in [4.78, 5) is 0. The van der Waals surface area contributed by atoms with Gasteiger partial charge in [-0.05, 0) is 57.2 Å². The third-order valence-electron chi connectivity index (χ3n) is 4.52. The molecule has 3 heteroatoms. The lowest BCUT2D eigenvalue weighted by Gasteiger charge is -2.26. The average molecular weight is 248 g/mol. The van der Waals surface area contributed by atoms with Crippen LogP contribution in [0.4, 0.5) is 0 Å². The average Bonchev–Trinajstić information content (AvgIpc) is 3.07. The summed E-state index contributed by atoms with van der Waals surface area (Å²) < 4.78 is 5.63. The third kappa shape index (κ3) is 2.62. The Morgan fingerprint density at radius 3 is 2.94 bits per heavy atom. The Labute approximate surface area is 109 Å². The van der Waals surface area contributed by atoms with Gasteiger partial charge in [-0.3, -0.25) is 0 Å². The lowest BCUT2D eigenvalue weighted by atomic mass is 9.93. The number of hydrogen-bond donors (Lipinski definition) is 2. The number of aryl methyl sites for hydroxylation is 1. The molecule has 1 saturated carbocycles. The van der Waals surface area contributed by atoms with Crippen LogP contribution in [0.5, 0.6) is 0 Å². The Hall–Kier alpha value is -0.800. The van der Waals surface area contributed by atoms with Crippen molar-refractivity contribution in [2.24, 2.45) is 5.92 Å². The van der Waals surface area contributed by atoms with Crippen molar-refractivity contribution in [1.29, 1.82) is 0 Å². The predicted molar refractivity (Wildman–Crippen MR) is 72.4 cm³/mol. The summed E-state index contributed by atoms with van der Waals surface area (Å²) in [5, 5.41) is 7.37. The SMILES string of the molecule is Cc1ccc(CNC2CCCC2C2CCCN2)o1.